The average molecular weight is 353 g/mol. The molecule has 0 aromatic rings. The van der Waals surface area contributed by atoms with E-state index in [2.05, 4.69) is 6.92 Å². The highest BCUT2D eigenvalue weighted by Gasteiger charge is 2.34. The van der Waals surface area contributed by atoms with Crippen molar-refractivity contribution in [3.8, 4) is 0 Å². The van der Waals surface area contributed by atoms with Crippen molar-refractivity contribution in [1.29, 1.82) is 0 Å². The van der Waals surface area contributed by atoms with E-state index in [0.717, 1.165) is 12.8 Å². The lowest BCUT2D eigenvalue weighted by molar-refractivity contribution is -0.137. The first kappa shape index (κ1) is 23.9. The van der Waals surface area contributed by atoms with Gasteiger partial charge in [0, 0.05) is 23.8 Å². The van der Waals surface area contributed by atoms with Crippen LogP contribution in [0.25, 0.3) is 0 Å². The van der Waals surface area contributed by atoms with Gasteiger partial charge in [-0.25, -0.2) is 0 Å². The summed E-state index contributed by atoms with van der Waals surface area (Å²) in [5.74, 6) is 0.637. The molecule has 0 N–H and O–H groups in total. The second kappa shape index (κ2) is 12.3. The Labute approximate surface area is 155 Å². The van der Waals surface area contributed by atoms with Crippen LogP contribution in [0.15, 0.2) is 11.8 Å². The van der Waals surface area contributed by atoms with E-state index < -0.39 is 6.10 Å². The zero-order valence-corrected chi connectivity index (χ0v) is 17.6. The number of rotatable bonds is 13. The number of allylic oxidation sites excluding steroid dienone is 2. The largest absolute Gasteiger partial charge is 0.487 e. The molecule has 0 aromatic heterocycles. The normalized spacial score (nSPS) is 13.8. The first-order valence-corrected chi connectivity index (χ1v) is 10.0. The number of hydrogen-bond donors (Lipinski definition) is 0. The monoisotopic (exact) mass is 352 g/mol. The lowest BCUT2D eigenvalue weighted by atomic mass is 9.83. The number of unbranched alkanes of at least 4 members (excludes halogenated alkanes) is 6. The summed E-state index contributed by atoms with van der Waals surface area (Å²) in [6, 6.07) is 0. The molecular formula is C22H40O3. The zero-order chi connectivity index (χ0) is 19.5. The fourth-order valence-corrected chi connectivity index (χ4v) is 2.74. The minimum atomic E-state index is -0.518. The molecule has 0 spiro atoms. The second-order valence-corrected chi connectivity index (χ2v) is 8.51. The van der Waals surface area contributed by atoms with E-state index in [1.54, 1.807) is 13.0 Å². The van der Waals surface area contributed by atoms with E-state index in [0.29, 0.717) is 12.2 Å². The molecule has 0 aliphatic heterocycles. The zero-order valence-electron chi connectivity index (χ0n) is 17.6. The number of Topliss-reactive ketones (excluding diaryl/α,β-unsaturated/α-hetero) is 1. The van der Waals surface area contributed by atoms with Crippen LogP contribution in [0.4, 0.5) is 0 Å². The van der Waals surface area contributed by atoms with Gasteiger partial charge in [-0.3, -0.25) is 9.59 Å². The minimum absolute atomic E-state index is 0.0829. The van der Waals surface area contributed by atoms with Crippen molar-refractivity contribution in [2.45, 2.75) is 106 Å². The van der Waals surface area contributed by atoms with Gasteiger partial charge in [0.1, 0.15) is 0 Å². The molecule has 0 aliphatic rings. The molecule has 1 unspecified atom stereocenters. The van der Waals surface area contributed by atoms with Crippen molar-refractivity contribution in [2.24, 2.45) is 11.3 Å². The van der Waals surface area contributed by atoms with Gasteiger partial charge in [0.2, 0.25) is 0 Å². The van der Waals surface area contributed by atoms with Crippen LogP contribution in [-0.2, 0) is 14.3 Å². The molecule has 0 saturated heterocycles. The molecule has 0 radical (unpaired) electrons. The maximum Gasteiger partial charge on any atom is 0.176 e. The second-order valence-electron chi connectivity index (χ2n) is 8.51. The van der Waals surface area contributed by atoms with Crippen molar-refractivity contribution in [2.75, 3.05) is 0 Å². The lowest BCUT2D eigenvalue weighted by Gasteiger charge is -2.31. The molecular weight excluding hydrogens is 312 g/mol. The highest BCUT2D eigenvalue weighted by molar-refractivity contribution is 5.90. The van der Waals surface area contributed by atoms with Crippen LogP contribution in [0.3, 0.4) is 0 Å². The maximum absolute atomic E-state index is 12.4. The summed E-state index contributed by atoms with van der Waals surface area (Å²) in [6.45, 7) is 13.7. The molecule has 0 amide bonds. The van der Waals surface area contributed by atoms with Gasteiger partial charge in [-0.2, -0.15) is 0 Å². The lowest BCUT2D eigenvalue weighted by Crippen LogP contribution is -2.39. The highest BCUT2D eigenvalue weighted by Crippen LogP contribution is 2.27. The third-order valence-electron chi connectivity index (χ3n) is 4.31. The van der Waals surface area contributed by atoms with E-state index in [1.807, 2.05) is 34.6 Å². The van der Waals surface area contributed by atoms with Crippen LogP contribution < -0.4 is 0 Å². The molecule has 0 heterocycles. The van der Waals surface area contributed by atoms with Crippen LogP contribution >= 0.6 is 0 Å². The van der Waals surface area contributed by atoms with E-state index in [9.17, 15) is 9.59 Å². The van der Waals surface area contributed by atoms with Crippen molar-refractivity contribution in [3.05, 3.63) is 11.8 Å². The first-order chi connectivity index (χ1) is 11.6. The Bertz CT molecular complexity index is 427. The SMILES string of the molecule is CCCCCCCCCC(=O)/C=C(\C)OC(C(=O)C(C)C)C(C)(C)C. The Morgan fingerprint density at radius 2 is 1.48 bits per heavy atom. The molecule has 146 valence electrons. The Morgan fingerprint density at radius 3 is 1.96 bits per heavy atom. The number of hydrogen-bond acceptors (Lipinski definition) is 3. The fourth-order valence-electron chi connectivity index (χ4n) is 2.74. The van der Waals surface area contributed by atoms with Crippen molar-refractivity contribution in [3.63, 3.8) is 0 Å². The first-order valence-electron chi connectivity index (χ1n) is 10.0. The van der Waals surface area contributed by atoms with Gasteiger partial charge in [-0.1, -0.05) is 80.1 Å². The summed E-state index contributed by atoms with van der Waals surface area (Å²) in [5.41, 5.74) is -0.294. The predicted molar refractivity (Wildman–Crippen MR) is 106 cm³/mol. The van der Waals surface area contributed by atoms with Gasteiger partial charge in [0.15, 0.2) is 17.7 Å². The third kappa shape index (κ3) is 11.2. The Morgan fingerprint density at radius 1 is 0.960 bits per heavy atom. The van der Waals surface area contributed by atoms with Crippen molar-refractivity contribution in [1.82, 2.24) is 0 Å². The Kier molecular flexibility index (Phi) is 11.7. The molecule has 0 rings (SSSR count). The van der Waals surface area contributed by atoms with Gasteiger partial charge in [-0.15, -0.1) is 0 Å². The van der Waals surface area contributed by atoms with Gasteiger partial charge >= 0.3 is 0 Å². The van der Waals surface area contributed by atoms with Crippen LogP contribution in [0.1, 0.15) is 99.8 Å². The average Bonchev–Trinajstić information content (AvgIpc) is 2.49. The standard InChI is InChI=1S/C22H40O3/c1-8-9-10-11-12-13-14-15-19(23)16-18(4)25-21(22(5,6)7)20(24)17(2)3/h16-17,21H,8-15H2,1-7H3/b18-16+. The molecule has 0 aliphatic carbocycles. The van der Waals surface area contributed by atoms with Crippen LogP contribution in [0.5, 0.6) is 0 Å². The van der Waals surface area contributed by atoms with Crippen LogP contribution in [-0.4, -0.2) is 17.7 Å². The number of carbonyl (C=O) groups is 2. The Balaban J connectivity index is 4.39. The number of ketones is 2. The molecule has 0 fully saturated rings. The quantitative estimate of drug-likeness (QED) is 0.223. The Hall–Kier alpha value is -1.12. The minimum Gasteiger partial charge on any atom is -0.487 e. The maximum atomic E-state index is 12.4. The van der Waals surface area contributed by atoms with Crippen LogP contribution in [0, 0.1) is 11.3 Å². The smallest absolute Gasteiger partial charge is 0.176 e. The van der Waals surface area contributed by atoms with Gasteiger partial charge < -0.3 is 4.74 Å². The summed E-state index contributed by atoms with van der Waals surface area (Å²) in [6.07, 6.45) is 9.99. The number of ether oxygens (including phenoxy) is 1. The number of carbonyl (C=O) groups excluding carboxylic acids is 2. The van der Waals surface area contributed by atoms with E-state index >= 15 is 0 Å². The molecule has 0 bridgehead atoms. The molecule has 3 heteroatoms. The van der Waals surface area contributed by atoms with Crippen molar-refractivity contribution >= 4 is 11.6 Å². The van der Waals surface area contributed by atoms with Gasteiger partial charge in [0.25, 0.3) is 0 Å². The molecule has 1 atom stereocenters. The molecule has 0 saturated carbocycles. The predicted octanol–water partition coefficient (Wildman–Crippen LogP) is 6.26. The summed E-state index contributed by atoms with van der Waals surface area (Å²) < 4.78 is 5.87. The topological polar surface area (TPSA) is 43.4 Å². The summed E-state index contributed by atoms with van der Waals surface area (Å²) in [4.78, 5) is 24.5. The molecule has 3 nitrogen and oxygen atoms in total. The fraction of sp³-hybridized carbons (Fsp3) is 0.818. The van der Waals surface area contributed by atoms with E-state index in [1.165, 1.54) is 32.1 Å². The van der Waals surface area contributed by atoms with Crippen molar-refractivity contribution < 1.29 is 14.3 Å². The van der Waals surface area contributed by atoms with Gasteiger partial charge in [-0.05, 0) is 13.3 Å². The highest BCUT2D eigenvalue weighted by atomic mass is 16.5. The summed E-state index contributed by atoms with van der Waals surface area (Å²) >= 11 is 0. The third-order valence-corrected chi connectivity index (χ3v) is 4.31. The van der Waals surface area contributed by atoms with E-state index in [-0.39, 0.29) is 22.9 Å². The van der Waals surface area contributed by atoms with E-state index in [4.69, 9.17) is 4.74 Å². The van der Waals surface area contributed by atoms with Crippen LogP contribution in [0.2, 0.25) is 0 Å². The summed E-state index contributed by atoms with van der Waals surface area (Å²) in [7, 11) is 0. The van der Waals surface area contributed by atoms with Gasteiger partial charge in [0.05, 0.1) is 5.76 Å². The molecule has 0 aromatic carbocycles. The molecule has 25 heavy (non-hydrogen) atoms. The summed E-state index contributed by atoms with van der Waals surface area (Å²) in [5, 5.41) is 0.